The Morgan fingerprint density at radius 2 is 1.96 bits per heavy atom. The Labute approximate surface area is 142 Å². The van der Waals surface area contributed by atoms with E-state index in [4.69, 9.17) is 4.74 Å². The topological polar surface area (TPSA) is 75.7 Å². The number of imide groups is 1. The lowest BCUT2D eigenvalue weighted by atomic mass is 9.96. The zero-order valence-corrected chi connectivity index (χ0v) is 14.6. The van der Waals surface area contributed by atoms with Crippen LogP contribution in [0, 0.1) is 5.92 Å². The van der Waals surface area contributed by atoms with Gasteiger partial charge in [-0.1, -0.05) is 24.3 Å². The van der Waals surface area contributed by atoms with Gasteiger partial charge in [0.1, 0.15) is 5.60 Å². The molecular formula is C18H24N2O4. The van der Waals surface area contributed by atoms with Crippen LogP contribution >= 0.6 is 0 Å². The van der Waals surface area contributed by atoms with E-state index in [0.29, 0.717) is 13.0 Å². The summed E-state index contributed by atoms with van der Waals surface area (Å²) in [5.74, 6) is -0.554. The molecule has 6 nitrogen and oxygen atoms in total. The fraction of sp³-hybridized carbons (Fsp3) is 0.500. The van der Waals surface area contributed by atoms with Crippen LogP contribution in [0.25, 0.3) is 0 Å². The first-order valence-electron chi connectivity index (χ1n) is 8.01. The molecule has 0 bridgehead atoms. The standard InChI is InChI=1S/C18H24N2O4/c1-18(2,3)24-17(23)19-11-13-7-5-6-12(8-13)9-14-10-15(21)20(4)16(14)22/h5-8,14H,9-11H2,1-4H3,(H,19,23). The average Bonchev–Trinajstić information content (AvgIpc) is 2.71. The molecule has 1 aliphatic heterocycles. The molecule has 1 saturated heterocycles. The molecule has 1 aromatic carbocycles. The number of alkyl carbamates (subject to hydrolysis) is 1. The molecule has 0 aliphatic carbocycles. The second kappa shape index (κ2) is 7.03. The SMILES string of the molecule is CN1C(=O)CC(Cc2cccc(CNC(=O)OC(C)(C)C)c2)C1=O. The minimum atomic E-state index is -0.534. The maximum atomic E-state index is 12.0. The summed E-state index contributed by atoms with van der Waals surface area (Å²) in [5, 5.41) is 2.71. The molecule has 1 N–H and O–H groups in total. The van der Waals surface area contributed by atoms with Crippen molar-refractivity contribution in [3.8, 4) is 0 Å². The lowest BCUT2D eigenvalue weighted by Gasteiger charge is -2.19. The van der Waals surface area contributed by atoms with Crippen molar-refractivity contribution >= 4 is 17.9 Å². The van der Waals surface area contributed by atoms with Crippen molar-refractivity contribution in [2.24, 2.45) is 5.92 Å². The van der Waals surface area contributed by atoms with E-state index in [1.165, 1.54) is 11.9 Å². The molecule has 0 radical (unpaired) electrons. The number of carbonyl (C=O) groups excluding carboxylic acids is 3. The molecule has 1 fully saturated rings. The number of nitrogens with zero attached hydrogens (tertiary/aromatic N) is 1. The number of nitrogens with one attached hydrogen (secondary N) is 1. The lowest BCUT2D eigenvalue weighted by Crippen LogP contribution is -2.32. The largest absolute Gasteiger partial charge is 0.444 e. The number of hydrogen-bond donors (Lipinski definition) is 1. The number of hydrogen-bond acceptors (Lipinski definition) is 4. The lowest BCUT2D eigenvalue weighted by molar-refractivity contribution is -0.137. The van der Waals surface area contributed by atoms with Gasteiger partial charge in [-0.3, -0.25) is 14.5 Å². The van der Waals surface area contributed by atoms with Gasteiger partial charge in [-0.15, -0.1) is 0 Å². The van der Waals surface area contributed by atoms with Crippen molar-refractivity contribution in [2.75, 3.05) is 7.05 Å². The average molecular weight is 332 g/mol. The summed E-state index contributed by atoms with van der Waals surface area (Å²) in [5.41, 5.74) is 1.36. The highest BCUT2D eigenvalue weighted by Gasteiger charge is 2.35. The quantitative estimate of drug-likeness (QED) is 0.858. The number of likely N-dealkylation sites (tertiary alicyclic amines) is 1. The van der Waals surface area contributed by atoms with Gasteiger partial charge in [-0.2, -0.15) is 0 Å². The summed E-state index contributed by atoms with van der Waals surface area (Å²) in [6.45, 7) is 5.78. The van der Waals surface area contributed by atoms with E-state index in [1.807, 2.05) is 45.0 Å². The molecule has 0 spiro atoms. The Morgan fingerprint density at radius 3 is 2.54 bits per heavy atom. The normalized spacial score (nSPS) is 18.0. The van der Waals surface area contributed by atoms with Gasteiger partial charge < -0.3 is 10.1 Å². The molecular weight excluding hydrogens is 308 g/mol. The molecule has 130 valence electrons. The molecule has 3 amide bonds. The van der Waals surface area contributed by atoms with E-state index in [-0.39, 0.29) is 24.2 Å². The predicted octanol–water partition coefficient (Wildman–Crippen LogP) is 2.26. The van der Waals surface area contributed by atoms with Crippen LogP contribution in [0.4, 0.5) is 4.79 Å². The molecule has 0 saturated carbocycles. The zero-order chi connectivity index (χ0) is 17.9. The Balaban J connectivity index is 1.93. The highest BCUT2D eigenvalue weighted by molar-refractivity contribution is 6.03. The third-order valence-electron chi connectivity index (χ3n) is 3.78. The summed E-state index contributed by atoms with van der Waals surface area (Å²) < 4.78 is 5.20. The van der Waals surface area contributed by atoms with Crippen molar-refractivity contribution in [3.63, 3.8) is 0 Å². The second-order valence-electron chi connectivity index (χ2n) is 7.07. The molecule has 1 atom stereocenters. The molecule has 1 heterocycles. The van der Waals surface area contributed by atoms with Crippen molar-refractivity contribution in [2.45, 2.75) is 45.8 Å². The fourth-order valence-electron chi connectivity index (χ4n) is 2.63. The van der Waals surface area contributed by atoms with E-state index >= 15 is 0 Å². The number of benzene rings is 1. The van der Waals surface area contributed by atoms with Crippen LogP contribution in [0.3, 0.4) is 0 Å². The number of rotatable bonds is 4. The molecule has 1 unspecified atom stereocenters. The molecule has 0 aromatic heterocycles. The molecule has 2 rings (SSSR count). The van der Waals surface area contributed by atoms with Crippen LogP contribution in [-0.2, 0) is 27.3 Å². The van der Waals surface area contributed by atoms with Gasteiger partial charge in [0.25, 0.3) is 0 Å². The first kappa shape index (κ1) is 18.0. The van der Waals surface area contributed by atoms with Gasteiger partial charge in [0.15, 0.2) is 0 Å². The predicted molar refractivity (Wildman–Crippen MR) is 89.1 cm³/mol. The molecule has 24 heavy (non-hydrogen) atoms. The Hall–Kier alpha value is -2.37. The summed E-state index contributed by atoms with van der Waals surface area (Å²) in [4.78, 5) is 36.5. The molecule has 1 aliphatic rings. The Morgan fingerprint density at radius 1 is 1.29 bits per heavy atom. The van der Waals surface area contributed by atoms with E-state index in [1.54, 1.807) is 0 Å². The van der Waals surface area contributed by atoms with Crippen molar-refractivity contribution in [1.82, 2.24) is 10.2 Å². The van der Waals surface area contributed by atoms with E-state index < -0.39 is 11.7 Å². The molecule has 1 aromatic rings. The maximum Gasteiger partial charge on any atom is 0.407 e. The number of carbonyl (C=O) groups is 3. The van der Waals surface area contributed by atoms with Gasteiger partial charge in [0.2, 0.25) is 11.8 Å². The van der Waals surface area contributed by atoms with Gasteiger partial charge in [-0.05, 0) is 38.3 Å². The van der Waals surface area contributed by atoms with Crippen LogP contribution in [0.2, 0.25) is 0 Å². The monoisotopic (exact) mass is 332 g/mol. The smallest absolute Gasteiger partial charge is 0.407 e. The van der Waals surface area contributed by atoms with Crippen molar-refractivity contribution in [3.05, 3.63) is 35.4 Å². The van der Waals surface area contributed by atoms with Crippen molar-refractivity contribution in [1.29, 1.82) is 0 Å². The van der Waals surface area contributed by atoms with Crippen LogP contribution in [0.15, 0.2) is 24.3 Å². The first-order chi connectivity index (χ1) is 11.2. The summed E-state index contributed by atoms with van der Waals surface area (Å²) in [7, 11) is 1.52. The number of ether oxygens (including phenoxy) is 1. The molecule has 6 heteroatoms. The van der Waals surface area contributed by atoms with Crippen LogP contribution in [0.1, 0.15) is 38.3 Å². The van der Waals surface area contributed by atoms with Crippen LogP contribution in [-0.4, -0.2) is 35.5 Å². The van der Waals surface area contributed by atoms with E-state index in [2.05, 4.69) is 5.32 Å². The van der Waals surface area contributed by atoms with E-state index in [0.717, 1.165) is 11.1 Å². The number of amides is 3. The fourth-order valence-corrected chi connectivity index (χ4v) is 2.63. The van der Waals surface area contributed by atoms with Crippen LogP contribution < -0.4 is 5.32 Å². The highest BCUT2D eigenvalue weighted by Crippen LogP contribution is 2.22. The zero-order valence-electron chi connectivity index (χ0n) is 14.6. The van der Waals surface area contributed by atoms with Crippen molar-refractivity contribution < 1.29 is 19.1 Å². The van der Waals surface area contributed by atoms with Gasteiger partial charge in [0, 0.05) is 20.0 Å². The Bertz CT molecular complexity index is 649. The van der Waals surface area contributed by atoms with Crippen LogP contribution in [0.5, 0.6) is 0 Å². The summed E-state index contributed by atoms with van der Waals surface area (Å²) in [6.07, 6.45) is 0.316. The van der Waals surface area contributed by atoms with Gasteiger partial charge >= 0.3 is 6.09 Å². The van der Waals surface area contributed by atoms with E-state index in [9.17, 15) is 14.4 Å². The van der Waals surface area contributed by atoms with Gasteiger partial charge in [-0.25, -0.2) is 4.79 Å². The Kier molecular flexibility index (Phi) is 5.26. The minimum absolute atomic E-state index is 0.128. The third-order valence-corrected chi connectivity index (χ3v) is 3.78. The second-order valence-corrected chi connectivity index (χ2v) is 7.07. The highest BCUT2D eigenvalue weighted by atomic mass is 16.6. The third kappa shape index (κ3) is 4.81. The minimum Gasteiger partial charge on any atom is -0.444 e. The maximum absolute atomic E-state index is 12.0. The summed E-state index contributed by atoms with van der Waals surface area (Å²) >= 11 is 0. The van der Waals surface area contributed by atoms with Gasteiger partial charge in [0.05, 0.1) is 5.92 Å². The first-order valence-corrected chi connectivity index (χ1v) is 8.01. The summed E-state index contributed by atoms with van der Waals surface area (Å²) in [6, 6.07) is 7.64.